The molecule has 0 spiro atoms. The van der Waals surface area contributed by atoms with Crippen LogP contribution in [0, 0.1) is 0 Å². The van der Waals surface area contributed by atoms with Crippen LogP contribution < -0.4 is 43.8 Å². The number of aliphatic imine (C=N–C) groups is 1. The summed E-state index contributed by atoms with van der Waals surface area (Å²) in [5.74, 6) is -3.87. The standard InChI is InChI=1S/C47H58N10O7/c1-4-6-20-37(41(48)58)54-44(61)38(23-14-24-51-46(49)50)55-45(62)40(25-29-26-52-36-22-13-12-15-30(29)36)56-42(59)28(3)53-43(60)39(21-7-5-2)57-47(63)64-27-35-33-18-10-8-16-31(33)32-17-9-11-19-34(32)35/h4-13,15-19,22,26,28,35,37-40,52H,14,20-21,23-25,27H2,1-3H3,(H2,48,58)(H,53,60)(H,54,61)(H,55,62)(H,56,59)(H,57,63)(H4,49,50,51)/b6-4+,7-5+/t28-,37-,38-,39+,40-/m0/s1. The Labute approximate surface area is 372 Å². The van der Waals surface area contributed by atoms with Gasteiger partial charge in [-0.15, -0.1) is 0 Å². The summed E-state index contributed by atoms with van der Waals surface area (Å²) >= 11 is 0. The van der Waals surface area contributed by atoms with Crippen molar-refractivity contribution in [1.29, 1.82) is 0 Å². The van der Waals surface area contributed by atoms with Crippen molar-refractivity contribution >= 4 is 52.5 Å². The van der Waals surface area contributed by atoms with Crippen LogP contribution in [-0.4, -0.2) is 89.9 Å². The summed E-state index contributed by atoms with van der Waals surface area (Å²) in [6.07, 6.45) is 8.29. The fourth-order valence-corrected chi connectivity index (χ4v) is 7.53. The molecule has 0 saturated heterocycles. The van der Waals surface area contributed by atoms with Gasteiger partial charge in [0.25, 0.3) is 0 Å². The highest BCUT2D eigenvalue weighted by Gasteiger charge is 2.33. The molecule has 1 aromatic heterocycles. The zero-order valence-corrected chi connectivity index (χ0v) is 36.3. The minimum absolute atomic E-state index is 0.0109. The average molecular weight is 875 g/mol. The molecule has 64 heavy (non-hydrogen) atoms. The third-order valence-electron chi connectivity index (χ3n) is 10.9. The van der Waals surface area contributed by atoms with E-state index in [2.05, 4.69) is 36.6 Å². The summed E-state index contributed by atoms with van der Waals surface area (Å²) in [6.45, 7) is 5.17. The Morgan fingerprint density at radius 3 is 1.91 bits per heavy atom. The fourth-order valence-electron chi connectivity index (χ4n) is 7.53. The van der Waals surface area contributed by atoms with Crippen LogP contribution in [-0.2, 0) is 35.1 Å². The number of para-hydroxylation sites is 1. The van der Waals surface area contributed by atoms with Crippen molar-refractivity contribution in [3.8, 4) is 11.1 Å². The number of alkyl carbamates (subject to hydrolysis) is 1. The van der Waals surface area contributed by atoms with Gasteiger partial charge in [-0.25, -0.2) is 4.79 Å². The lowest BCUT2D eigenvalue weighted by molar-refractivity contribution is -0.134. The van der Waals surface area contributed by atoms with Gasteiger partial charge in [0, 0.05) is 36.0 Å². The molecule has 0 unspecified atom stereocenters. The molecule has 0 bridgehead atoms. The molecule has 12 N–H and O–H groups in total. The van der Waals surface area contributed by atoms with Crippen LogP contribution in [0.2, 0.25) is 0 Å². The number of carbonyl (C=O) groups is 6. The van der Waals surface area contributed by atoms with Gasteiger partial charge in [0.2, 0.25) is 29.5 Å². The maximum absolute atomic E-state index is 14.2. The number of nitrogens with zero attached hydrogens (tertiary/aromatic N) is 1. The van der Waals surface area contributed by atoms with Crippen molar-refractivity contribution in [1.82, 2.24) is 31.6 Å². The van der Waals surface area contributed by atoms with Crippen molar-refractivity contribution in [2.24, 2.45) is 22.2 Å². The second-order valence-electron chi connectivity index (χ2n) is 15.5. The summed E-state index contributed by atoms with van der Waals surface area (Å²) in [6, 6.07) is 17.5. The van der Waals surface area contributed by atoms with Gasteiger partial charge in [0.05, 0.1) is 0 Å². The first-order valence-corrected chi connectivity index (χ1v) is 21.3. The van der Waals surface area contributed by atoms with E-state index in [9.17, 15) is 28.8 Å². The Balaban J connectivity index is 1.29. The van der Waals surface area contributed by atoms with Gasteiger partial charge in [0.1, 0.15) is 36.8 Å². The number of nitrogens with one attached hydrogen (secondary N) is 6. The second-order valence-corrected chi connectivity index (χ2v) is 15.5. The van der Waals surface area contributed by atoms with Crippen molar-refractivity contribution < 1.29 is 33.5 Å². The molecule has 3 aromatic carbocycles. The first kappa shape index (κ1) is 47.6. The number of hydrogen-bond donors (Lipinski definition) is 9. The summed E-state index contributed by atoms with van der Waals surface area (Å²) in [5.41, 5.74) is 22.3. The van der Waals surface area contributed by atoms with Crippen LogP contribution in [0.3, 0.4) is 0 Å². The predicted molar refractivity (Wildman–Crippen MR) is 245 cm³/mol. The number of rotatable bonds is 22. The lowest BCUT2D eigenvalue weighted by Crippen LogP contribution is -2.59. The van der Waals surface area contributed by atoms with E-state index in [4.69, 9.17) is 21.9 Å². The molecule has 17 heteroatoms. The topological polar surface area (TPSA) is 278 Å². The number of H-pyrrole nitrogens is 1. The molecule has 1 heterocycles. The van der Waals surface area contributed by atoms with E-state index in [-0.39, 0.29) is 57.1 Å². The first-order valence-electron chi connectivity index (χ1n) is 21.3. The highest BCUT2D eigenvalue weighted by molar-refractivity contribution is 5.96. The number of carbonyl (C=O) groups excluding carboxylic acids is 6. The van der Waals surface area contributed by atoms with E-state index < -0.39 is 65.8 Å². The zero-order valence-electron chi connectivity index (χ0n) is 36.3. The smallest absolute Gasteiger partial charge is 0.407 e. The number of aromatic nitrogens is 1. The number of nitrogens with two attached hydrogens (primary N) is 3. The normalized spacial score (nSPS) is 14.4. The monoisotopic (exact) mass is 874 g/mol. The van der Waals surface area contributed by atoms with Gasteiger partial charge in [-0.1, -0.05) is 91.0 Å². The number of guanidine groups is 1. The molecule has 0 fully saturated rings. The number of aromatic amines is 1. The van der Waals surface area contributed by atoms with Crippen LogP contribution in [0.25, 0.3) is 22.0 Å². The lowest BCUT2D eigenvalue weighted by atomic mass is 9.98. The Morgan fingerprint density at radius 1 is 0.703 bits per heavy atom. The molecule has 1 aliphatic rings. The Kier molecular flexibility index (Phi) is 17.2. The van der Waals surface area contributed by atoms with Gasteiger partial charge < -0.3 is 53.5 Å². The van der Waals surface area contributed by atoms with Crippen LogP contribution in [0.4, 0.5) is 4.79 Å². The van der Waals surface area contributed by atoms with Crippen molar-refractivity contribution in [3.05, 3.63) is 120 Å². The number of amides is 6. The Morgan fingerprint density at radius 2 is 1.27 bits per heavy atom. The number of hydrogen-bond acceptors (Lipinski definition) is 8. The molecule has 0 saturated carbocycles. The maximum Gasteiger partial charge on any atom is 0.407 e. The Bertz CT molecular complexity index is 2340. The highest BCUT2D eigenvalue weighted by atomic mass is 16.5. The van der Waals surface area contributed by atoms with E-state index in [1.54, 1.807) is 44.3 Å². The summed E-state index contributed by atoms with van der Waals surface area (Å²) < 4.78 is 5.70. The van der Waals surface area contributed by atoms with Crippen LogP contribution >= 0.6 is 0 Å². The third-order valence-corrected chi connectivity index (χ3v) is 10.9. The van der Waals surface area contributed by atoms with Crippen LogP contribution in [0.5, 0.6) is 0 Å². The molecule has 0 radical (unpaired) electrons. The molecule has 5 rings (SSSR count). The molecule has 4 aromatic rings. The maximum atomic E-state index is 14.2. The second kappa shape index (κ2) is 23.1. The van der Waals surface area contributed by atoms with E-state index in [0.717, 1.165) is 33.2 Å². The zero-order chi connectivity index (χ0) is 46.2. The number of fused-ring (bicyclic) bond motifs is 4. The molecule has 0 aliphatic heterocycles. The number of benzene rings is 3. The molecule has 6 amide bonds. The van der Waals surface area contributed by atoms with E-state index in [0.29, 0.717) is 5.56 Å². The molecule has 1 aliphatic carbocycles. The quantitative estimate of drug-likeness (QED) is 0.0243. The van der Waals surface area contributed by atoms with Crippen molar-refractivity contribution in [2.45, 2.75) is 89.0 Å². The fraction of sp³-hybridized carbons (Fsp3) is 0.340. The van der Waals surface area contributed by atoms with Crippen LogP contribution in [0.1, 0.15) is 69.1 Å². The van der Waals surface area contributed by atoms with Gasteiger partial charge in [-0.2, -0.15) is 0 Å². The largest absolute Gasteiger partial charge is 0.449 e. The van der Waals surface area contributed by atoms with E-state index in [1.807, 2.05) is 72.8 Å². The number of allylic oxidation sites excluding steroid dienone is 2. The first-order chi connectivity index (χ1) is 30.8. The number of ether oxygens (including phenoxy) is 1. The molecule has 5 atom stereocenters. The number of primary amides is 1. The van der Waals surface area contributed by atoms with E-state index >= 15 is 0 Å². The summed E-state index contributed by atoms with van der Waals surface area (Å²) in [4.78, 5) is 88.1. The van der Waals surface area contributed by atoms with Gasteiger partial charge in [0.15, 0.2) is 5.96 Å². The van der Waals surface area contributed by atoms with E-state index in [1.165, 1.54) is 6.92 Å². The average Bonchev–Trinajstić information content (AvgIpc) is 3.84. The Hall–Kier alpha value is -7.43. The molecule has 17 nitrogen and oxygen atoms in total. The third kappa shape index (κ3) is 12.8. The lowest BCUT2D eigenvalue weighted by Gasteiger charge is -2.26. The molecular weight excluding hydrogens is 817 g/mol. The van der Waals surface area contributed by atoms with Crippen molar-refractivity contribution in [2.75, 3.05) is 13.2 Å². The van der Waals surface area contributed by atoms with Gasteiger partial charge in [-0.3, -0.25) is 29.0 Å². The SMILES string of the molecule is C/C=C/C[C@H](NC(=O)[C@H](CCCN=C(N)N)NC(=O)[C@H](Cc1c[nH]c2ccccc12)NC(=O)[C@H](C)NC(=O)[C@@H](C/C=C/C)NC(=O)OCC1c2ccccc2-c2ccccc21)C(N)=O. The predicted octanol–water partition coefficient (Wildman–Crippen LogP) is 3.05. The van der Waals surface area contributed by atoms with Crippen molar-refractivity contribution in [3.63, 3.8) is 0 Å². The minimum Gasteiger partial charge on any atom is -0.449 e. The summed E-state index contributed by atoms with van der Waals surface area (Å²) in [5, 5.41) is 14.2. The highest BCUT2D eigenvalue weighted by Crippen LogP contribution is 2.44. The van der Waals surface area contributed by atoms with Gasteiger partial charge >= 0.3 is 6.09 Å². The van der Waals surface area contributed by atoms with Crippen LogP contribution in [0.15, 0.2) is 108 Å². The minimum atomic E-state index is -1.26. The molecular formula is C47H58N10O7. The summed E-state index contributed by atoms with van der Waals surface area (Å²) in [7, 11) is 0. The van der Waals surface area contributed by atoms with Gasteiger partial charge in [-0.05, 0) is 80.3 Å². The molecule has 338 valence electrons.